The van der Waals surface area contributed by atoms with Crippen LogP contribution in [0.1, 0.15) is 24.1 Å². The van der Waals surface area contributed by atoms with Crippen LogP contribution in [-0.2, 0) is 0 Å². The van der Waals surface area contributed by atoms with E-state index in [0.717, 1.165) is 31.7 Å². The minimum atomic E-state index is 0.144. The van der Waals surface area contributed by atoms with Crippen molar-refractivity contribution in [3.63, 3.8) is 0 Å². The molecule has 0 saturated carbocycles. The van der Waals surface area contributed by atoms with E-state index in [2.05, 4.69) is 23.2 Å². The van der Waals surface area contributed by atoms with Gasteiger partial charge in [-0.2, -0.15) is 5.26 Å². The SMILES string of the molecule is C[C@@H](c1cc(C#N)ccc1O)N1CCNCC1. The summed E-state index contributed by atoms with van der Waals surface area (Å²) in [7, 11) is 0. The first-order valence-electron chi connectivity index (χ1n) is 5.90. The highest BCUT2D eigenvalue weighted by Gasteiger charge is 2.20. The Morgan fingerprint density at radius 3 is 2.76 bits per heavy atom. The van der Waals surface area contributed by atoms with Crippen molar-refractivity contribution in [3.05, 3.63) is 29.3 Å². The molecule has 1 aromatic carbocycles. The Hall–Kier alpha value is -1.57. The second-order valence-corrected chi connectivity index (χ2v) is 4.35. The quantitative estimate of drug-likeness (QED) is 0.803. The number of piperazine rings is 1. The number of hydrogen-bond donors (Lipinski definition) is 2. The third kappa shape index (κ3) is 2.57. The van der Waals surface area contributed by atoms with Crippen molar-refractivity contribution in [1.29, 1.82) is 5.26 Å². The fourth-order valence-electron chi connectivity index (χ4n) is 2.22. The first-order chi connectivity index (χ1) is 8.22. The number of nitrogens with one attached hydrogen (secondary N) is 1. The van der Waals surface area contributed by atoms with Crippen LogP contribution in [0.5, 0.6) is 5.75 Å². The summed E-state index contributed by atoms with van der Waals surface area (Å²) in [5.74, 6) is 0.273. The summed E-state index contributed by atoms with van der Waals surface area (Å²) in [5.41, 5.74) is 1.44. The van der Waals surface area contributed by atoms with Crippen molar-refractivity contribution in [1.82, 2.24) is 10.2 Å². The zero-order valence-corrected chi connectivity index (χ0v) is 9.98. The molecule has 1 heterocycles. The predicted octanol–water partition coefficient (Wildman–Crippen LogP) is 1.23. The van der Waals surface area contributed by atoms with Crippen molar-refractivity contribution >= 4 is 0 Å². The number of phenolic OH excluding ortho intramolecular Hbond substituents is 1. The number of aromatic hydroxyl groups is 1. The van der Waals surface area contributed by atoms with Crippen LogP contribution in [-0.4, -0.2) is 36.2 Å². The molecule has 2 rings (SSSR count). The van der Waals surface area contributed by atoms with Gasteiger partial charge in [-0.3, -0.25) is 4.90 Å². The molecule has 4 nitrogen and oxygen atoms in total. The van der Waals surface area contributed by atoms with E-state index in [0.29, 0.717) is 5.56 Å². The number of nitriles is 1. The zero-order chi connectivity index (χ0) is 12.3. The van der Waals surface area contributed by atoms with Crippen molar-refractivity contribution in [2.24, 2.45) is 0 Å². The van der Waals surface area contributed by atoms with Gasteiger partial charge in [0.15, 0.2) is 0 Å². The van der Waals surface area contributed by atoms with Gasteiger partial charge in [0.25, 0.3) is 0 Å². The smallest absolute Gasteiger partial charge is 0.120 e. The Bertz CT molecular complexity index is 433. The Kier molecular flexibility index (Phi) is 3.62. The molecule has 0 aliphatic carbocycles. The lowest BCUT2D eigenvalue weighted by Gasteiger charge is -2.33. The Labute approximate surface area is 101 Å². The van der Waals surface area contributed by atoms with E-state index in [1.165, 1.54) is 0 Å². The highest BCUT2D eigenvalue weighted by molar-refractivity contribution is 5.42. The van der Waals surface area contributed by atoms with Gasteiger partial charge in [-0.1, -0.05) is 0 Å². The molecule has 4 heteroatoms. The summed E-state index contributed by atoms with van der Waals surface area (Å²) in [4.78, 5) is 2.31. The van der Waals surface area contributed by atoms with Crippen LogP contribution < -0.4 is 5.32 Å². The summed E-state index contributed by atoms with van der Waals surface area (Å²) in [6.07, 6.45) is 0. The van der Waals surface area contributed by atoms with Crippen LogP contribution in [0, 0.1) is 11.3 Å². The fraction of sp³-hybridized carbons (Fsp3) is 0.462. The summed E-state index contributed by atoms with van der Waals surface area (Å²) in [5, 5.41) is 22.1. The van der Waals surface area contributed by atoms with Crippen LogP contribution in [0.4, 0.5) is 0 Å². The van der Waals surface area contributed by atoms with Gasteiger partial charge in [0.1, 0.15) is 5.75 Å². The van der Waals surface area contributed by atoms with Crippen LogP contribution >= 0.6 is 0 Å². The average Bonchev–Trinajstić information content (AvgIpc) is 2.39. The monoisotopic (exact) mass is 231 g/mol. The lowest BCUT2D eigenvalue weighted by atomic mass is 10.0. The van der Waals surface area contributed by atoms with Gasteiger partial charge in [0.2, 0.25) is 0 Å². The minimum Gasteiger partial charge on any atom is -0.508 e. The Morgan fingerprint density at radius 1 is 1.41 bits per heavy atom. The maximum absolute atomic E-state index is 9.88. The molecule has 1 saturated heterocycles. The normalized spacial score (nSPS) is 18.6. The standard InChI is InChI=1S/C13H17N3O/c1-10(16-6-4-15-5-7-16)12-8-11(9-14)2-3-13(12)17/h2-3,8,10,15,17H,4-7H2,1H3/t10-/m0/s1. The first kappa shape index (κ1) is 11.9. The number of benzene rings is 1. The minimum absolute atomic E-state index is 0.144. The largest absolute Gasteiger partial charge is 0.508 e. The fourth-order valence-corrected chi connectivity index (χ4v) is 2.22. The maximum Gasteiger partial charge on any atom is 0.120 e. The summed E-state index contributed by atoms with van der Waals surface area (Å²) < 4.78 is 0. The van der Waals surface area contributed by atoms with E-state index in [-0.39, 0.29) is 11.8 Å². The highest BCUT2D eigenvalue weighted by Crippen LogP contribution is 2.29. The molecular weight excluding hydrogens is 214 g/mol. The van der Waals surface area contributed by atoms with Crippen LogP contribution in [0.2, 0.25) is 0 Å². The molecule has 1 atom stereocenters. The Morgan fingerprint density at radius 2 is 2.12 bits per heavy atom. The molecule has 2 N–H and O–H groups in total. The van der Waals surface area contributed by atoms with Gasteiger partial charge in [-0.15, -0.1) is 0 Å². The Balaban J connectivity index is 2.23. The lowest BCUT2D eigenvalue weighted by Crippen LogP contribution is -2.44. The topological polar surface area (TPSA) is 59.3 Å². The van der Waals surface area contributed by atoms with Crippen LogP contribution in [0.3, 0.4) is 0 Å². The molecule has 90 valence electrons. The van der Waals surface area contributed by atoms with Crippen LogP contribution in [0.15, 0.2) is 18.2 Å². The van der Waals surface area contributed by atoms with Crippen molar-refractivity contribution in [2.75, 3.05) is 26.2 Å². The molecule has 1 aromatic rings. The first-order valence-corrected chi connectivity index (χ1v) is 5.90. The van der Waals surface area contributed by atoms with E-state index in [4.69, 9.17) is 5.26 Å². The molecule has 0 amide bonds. The van der Waals surface area contributed by atoms with E-state index in [9.17, 15) is 5.11 Å². The molecule has 0 aromatic heterocycles. The third-order valence-corrected chi connectivity index (χ3v) is 3.31. The number of rotatable bonds is 2. The average molecular weight is 231 g/mol. The number of nitrogens with zero attached hydrogens (tertiary/aromatic N) is 2. The van der Waals surface area contributed by atoms with Gasteiger partial charge in [0, 0.05) is 37.8 Å². The second kappa shape index (κ2) is 5.17. The molecule has 17 heavy (non-hydrogen) atoms. The predicted molar refractivity (Wildman–Crippen MR) is 65.7 cm³/mol. The zero-order valence-electron chi connectivity index (χ0n) is 9.98. The lowest BCUT2D eigenvalue weighted by molar-refractivity contribution is 0.183. The van der Waals surface area contributed by atoms with E-state index < -0.39 is 0 Å². The van der Waals surface area contributed by atoms with Gasteiger partial charge in [0.05, 0.1) is 11.6 Å². The van der Waals surface area contributed by atoms with Crippen molar-refractivity contribution < 1.29 is 5.11 Å². The van der Waals surface area contributed by atoms with E-state index >= 15 is 0 Å². The van der Waals surface area contributed by atoms with Gasteiger partial charge in [-0.25, -0.2) is 0 Å². The highest BCUT2D eigenvalue weighted by atomic mass is 16.3. The molecule has 1 aliphatic heterocycles. The van der Waals surface area contributed by atoms with Crippen LogP contribution in [0.25, 0.3) is 0 Å². The summed E-state index contributed by atoms with van der Waals surface area (Å²) >= 11 is 0. The maximum atomic E-state index is 9.88. The number of phenols is 1. The molecule has 0 radical (unpaired) electrons. The van der Waals surface area contributed by atoms with E-state index in [1.807, 2.05) is 0 Å². The molecule has 0 bridgehead atoms. The van der Waals surface area contributed by atoms with Crippen molar-refractivity contribution in [3.8, 4) is 11.8 Å². The molecule has 1 aliphatic rings. The molecule has 0 spiro atoms. The molecule has 0 unspecified atom stereocenters. The second-order valence-electron chi connectivity index (χ2n) is 4.35. The van der Waals surface area contributed by atoms with E-state index in [1.54, 1.807) is 18.2 Å². The third-order valence-electron chi connectivity index (χ3n) is 3.31. The van der Waals surface area contributed by atoms with Gasteiger partial charge in [-0.05, 0) is 25.1 Å². The summed E-state index contributed by atoms with van der Waals surface area (Å²) in [6, 6.07) is 7.28. The van der Waals surface area contributed by atoms with Crippen molar-refractivity contribution in [2.45, 2.75) is 13.0 Å². The number of hydrogen-bond acceptors (Lipinski definition) is 4. The van der Waals surface area contributed by atoms with Gasteiger partial charge >= 0.3 is 0 Å². The van der Waals surface area contributed by atoms with Gasteiger partial charge < -0.3 is 10.4 Å². The molecule has 1 fully saturated rings. The molecular formula is C13H17N3O. The summed E-state index contributed by atoms with van der Waals surface area (Å²) in [6.45, 7) is 5.96.